The average Bonchev–Trinajstić information content (AvgIpc) is 3.00. The lowest BCUT2D eigenvalue weighted by molar-refractivity contribution is -0.157. The highest BCUT2D eigenvalue weighted by molar-refractivity contribution is 6.31. The number of allylic oxidation sites excluding steroid dienone is 1. The minimum absolute atomic E-state index is 0.123. The number of carbonyl (C=O) groups excluding carboxylic acids is 2. The van der Waals surface area contributed by atoms with Gasteiger partial charge in [-0.1, -0.05) is 11.6 Å². The molecule has 7 nitrogen and oxygen atoms in total. The van der Waals surface area contributed by atoms with Gasteiger partial charge in [0.2, 0.25) is 5.78 Å². The van der Waals surface area contributed by atoms with E-state index in [0.717, 1.165) is 5.56 Å². The Bertz CT molecular complexity index is 1080. The predicted molar refractivity (Wildman–Crippen MR) is 112 cm³/mol. The summed E-state index contributed by atoms with van der Waals surface area (Å²) in [5.74, 6) is 0.725. The summed E-state index contributed by atoms with van der Waals surface area (Å²) in [6, 6.07) is 8.23. The van der Waals surface area contributed by atoms with Crippen molar-refractivity contribution < 1.29 is 33.3 Å². The summed E-state index contributed by atoms with van der Waals surface area (Å²) in [6.07, 6.45) is 1.60. The van der Waals surface area contributed by atoms with Crippen LogP contribution >= 0.6 is 11.6 Å². The van der Waals surface area contributed by atoms with E-state index in [1.807, 2.05) is 0 Å². The van der Waals surface area contributed by atoms with Gasteiger partial charge in [0, 0.05) is 22.2 Å². The summed E-state index contributed by atoms with van der Waals surface area (Å²) in [4.78, 5) is 24.6. The third-order valence-corrected chi connectivity index (χ3v) is 4.63. The first-order valence-corrected chi connectivity index (χ1v) is 10.0. The number of carbonyl (C=O) groups is 2. The van der Waals surface area contributed by atoms with Crippen LogP contribution in [0, 0.1) is 0 Å². The number of ether oxygens (including phenoxy) is 5. The topological polar surface area (TPSA) is 80.3 Å². The second-order valence-corrected chi connectivity index (χ2v) is 8.50. The van der Waals surface area contributed by atoms with E-state index >= 15 is 0 Å². The number of rotatable bonds is 4. The maximum atomic E-state index is 12.8. The monoisotopic (exact) mass is 444 g/mol. The Kier molecular flexibility index (Phi) is 5.64. The molecule has 0 atom stereocenters. The lowest BCUT2D eigenvalue weighted by Crippen LogP contribution is -2.27. The quantitative estimate of drug-likeness (QED) is 0.505. The summed E-state index contributed by atoms with van der Waals surface area (Å²) in [7, 11) is 0. The Morgan fingerprint density at radius 2 is 2.03 bits per heavy atom. The van der Waals surface area contributed by atoms with Crippen molar-refractivity contribution in [2.45, 2.75) is 33.0 Å². The third kappa shape index (κ3) is 4.84. The van der Waals surface area contributed by atoms with E-state index in [1.54, 1.807) is 57.2 Å². The van der Waals surface area contributed by atoms with E-state index < -0.39 is 11.6 Å². The Morgan fingerprint density at radius 3 is 2.81 bits per heavy atom. The largest absolute Gasteiger partial charge is 0.482 e. The van der Waals surface area contributed by atoms with Crippen molar-refractivity contribution in [1.29, 1.82) is 0 Å². The molecule has 0 amide bonds. The molecule has 0 radical (unpaired) electrons. The molecular formula is C23H21ClO7. The molecule has 0 saturated heterocycles. The van der Waals surface area contributed by atoms with Crippen molar-refractivity contribution in [1.82, 2.24) is 0 Å². The van der Waals surface area contributed by atoms with Crippen LogP contribution in [0.3, 0.4) is 0 Å². The van der Waals surface area contributed by atoms with E-state index in [-0.39, 0.29) is 24.9 Å². The Balaban J connectivity index is 1.52. The number of esters is 1. The van der Waals surface area contributed by atoms with Crippen LogP contribution in [0.5, 0.6) is 17.2 Å². The van der Waals surface area contributed by atoms with Gasteiger partial charge in [-0.05, 0) is 51.1 Å². The zero-order valence-corrected chi connectivity index (χ0v) is 18.1. The van der Waals surface area contributed by atoms with Crippen molar-refractivity contribution in [2.24, 2.45) is 0 Å². The fourth-order valence-corrected chi connectivity index (χ4v) is 3.48. The van der Waals surface area contributed by atoms with E-state index in [1.165, 1.54) is 0 Å². The van der Waals surface area contributed by atoms with E-state index in [0.29, 0.717) is 40.0 Å². The first kappa shape index (κ1) is 21.2. The number of halogens is 1. The second-order valence-electron chi connectivity index (χ2n) is 8.07. The molecule has 0 fully saturated rings. The van der Waals surface area contributed by atoms with Gasteiger partial charge in [0.25, 0.3) is 0 Å². The van der Waals surface area contributed by atoms with Gasteiger partial charge in [-0.3, -0.25) is 4.79 Å². The van der Waals surface area contributed by atoms with Gasteiger partial charge in [0.05, 0.1) is 12.2 Å². The first-order chi connectivity index (χ1) is 14.7. The maximum absolute atomic E-state index is 12.8. The molecule has 2 aliphatic rings. The van der Waals surface area contributed by atoms with Crippen molar-refractivity contribution in [3.63, 3.8) is 0 Å². The van der Waals surface area contributed by atoms with Crippen molar-refractivity contribution in [2.75, 3.05) is 13.4 Å². The van der Waals surface area contributed by atoms with Crippen LogP contribution in [-0.4, -0.2) is 30.8 Å². The molecule has 2 aromatic carbocycles. The molecule has 0 N–H and O–H groups in total. The third-order valence-electron chi connectivity index (χ3n) is 4.41. The van der Waals surface area contributed by atoms with Crippen LogP contribution in [-0.2, 0) is 20.9 Å². The standard InChI is InChI=1S/C23H21ClO7/c1-23(2,3)31-20(25)11-28-16-4-5-17-18(9-16)30-19(21(17)26)8-13-6-15(24)7-14-10-27-12-29-22(13)14/h4-9H,10-12H2,1-3H3/b19-8-. The van der Waals surface area contributed by atoms with Gasteiger partial charge in [0.15, 0.2) is 19.2 Å². The number of fused-ring (bicyclic) bond motifs is 2. The molecule has 4 rings (SSSR count). The average molecular weight is 445 g/mol. The zero-order valence-electron chi connectivity index (χ0n) is 17.3. The Hall–Kier alpha value is -3.03. The normalized spacial score (nSPS) is 16.3. The van der Waals surface area contributed by atoms with Crippen molar-refractivity contribution in [3.05, 3.63) is 57.8 Å². The van der Waals surface area contributed by atoms with Gasteiger partial charge >= 0.3 is 5.97 Å². The molecule has 31 heavy (non-hydrogen) atoms. The highest BCUT2D eigenvalue weighted by atomic mass is 35.5. The molecule has 0 aliphatic carbocycles. The number of Topliss-reactive ketones (excluding diaryl/α,β-unsaturated/α-hetero) is 1. The van der Waals surface area contributed by atoms with Gasteiger partial charge < -0.3 is 23.7 Å². The highest BCUT2D eigenvalue weighted by Gasteiger charge is 2.29. The summed E-state index contributed by atoms with van der Waals surface area (Å²) in [5, 5.41) is 0.500. The summed E-state index contributed by atoms with van der Waals surface area (Å²) >= 11 is 6.19. The van der Waals surface area contributed by atoms with Crippen molar-refractivity contribution >= 4 is 29.4 Å². The maximum Gasteiger partial charge on any atom is 0.344 e. The zero-order chi connectivity index (χ0) is 22.2. The van der Waals surface area contributed by atoms with Crippen LogP contribution in [0.15, 0.2) is 36.1 Å². The molecule has 162 valence electrons. The summed E-state index contributed by atoms with van der Waals surface area (Å²) in [6.45, 7) is 5.59. The smallest absolute Gasteiger partial charge is 0.344 e. The van der Waals surface area contributed by atoms with E-state index in [4.69, 9.17) is 35.3 Å². The SMILES string of the molecule is CC(C)(C)OC(=O)COc1ccc2c(c1)O/C(=C\c1cc(Cl)cc3c1OCOC3)C2=O. The Morgan fingerprint density at radius 1 is 1.23 bits per heavy atom. The highest BCUT2D eigenvalue weighted by Crippen LogP contribution is 2.38. The summed E-state index contributed by atoms with van der Waals surface area (Å²) in [5.41, 5.74) is 1.23. The number of benzene rings is 2. The molecule has 0 spiro atoms. The summed E-state index contributed by atoms with van der Waals surface area (Å²) < 4.78 is 27.3. The van der Waals surface area contributed by atoms with Crippen LogP contribution in [0.2, 0.25) is 5.02 Å². The second kappa shape index (κ2) is 8.24. The van der Waals surface area contributed by atoms with Crippen LogP contribution < -0.4 is 14.2 Å². The van der Waals surface area contributed by atoms with Gasteiger partial charge in [-0.25, -0.2) is 4.79 Å². The van der Waals surface area contributed by atoms with Crippen LogP contribution in [0.25, 0.3) is 6.08 Å². The minimum Gasteiger partial charge on any atom is -0.482 e. The molecular weight excluding hydrogens is 424 g/mol. The van der Waals surface area contributed by atoms with Crippen LogP contribution in [0.1, 0.15) is 42.3 Å². The Labute approximate surface area is 184 Å². The number of hydrogen-bond donors (Lipinski definition) is 0. The lowest BCUT2D eigenvalue weighted by Gasteiger charge is -2.20. The minimum atomic E-state index is -0.594. The number of hydrogen-bond acceptors (Lipinski definition) is 7. The van der Waals surface area contributed by atoms with Gasteiger partial charge in [0.1, 0.15) is 22.8 Å². The molecule has 0 bridgehead atoms. The van der Waals surface area contributed by atoms with Crippen LogP contribution in [0.4, 0.5) is 0 Å². The van der Waals surface area contributed by atoms with Gasteiger partial charge in [-0.15, -0.1) is 0 Å². The molecule has 2 heterocycles. The fourth-order valence-electron chi connectivity index (χ4n) is 3.23. The predicted octanol–water partition coefficient (Wildman–Crippen LogP) is 4.54. The van der Waals surface area contributed by atoms with E-state index in [9.17, 15) is 9.59 Å². The fraction of sp³-hybridized carbons (Fsp3) is 0.304. The molecule has 8 heteroatoms. The molecule has 0 unspecified atom stereocenters. The molecule has 2 aromatic rings. The molecule has 2 aliphatic heterocycles. The molecule has 0 saturated carbocycles. The molecule has 0 aromatic heterocycles. The van der Waals surface area contributed by atoms with Crippen molar-refractivity contribution in [3.8, 4) is 17.2 Å². The van der Waals surface area contributed by atoms with Gasteiger partial charge in [-0.2, -0.15) is 0 Å². The lowest BCUT2D eigenvalue weighted by atomic mass is 10.1. The van der Waals surface area contributed by atoms with E-state index in [2.05, 4.69) is 0 Å². The number of ketones is 1. The first-order valence-electron chi connectivity index (χ1n) is 9.65.